The van der Waals surface area contributed by atoms with Crippen molar-refractivity contribution in [2.24, 2.45) is 11.8 Å². The summed E-state index contributed by atoms with van der Waals surface area (Å²) in [6.07, 6.45) is 13.1. The minimum Gasteiger partial charge on any atom is -0.440 e. The van der Waals surface area contributed by atoms with Gasteiger partial charge in [-0.25, -0.2) is 0 Å². The Morgan fingerprint density at radius 1 is 0.920 bits per heavy atom. The van der Waals surface area contributed by atoms with Gasteiger partial charge in [0.15, 0.2) is 8.32 Å². The second kappa shape index (κ2) is 8.24. The molecule has 0 bridgehead atoms. The van der Waals surface area contributed by atoms with Crippen molar-refractivity contribution in [1.82, 2.24) is 0 Å². The van der Waals surface area contributed by atoms with E-state index in [1.54, 1.807) is 0 Å². The van der Waals surface area contributed by atoms with Crippen LogP contribution in [0.4, 0.5) is 0 Å². The molecule has 4 fully saturated rings. The van der Waals surface area contributed by atoms with Crippen LogP contribution in [0.1, 0.15) is 51.4 Å². The van der Waals surface area contributed by atoms with Gasteiger partial charge >= 0.3 is 10.0 Å². The van der Waals surface area contributed by atoms with Gasteiger partial charge in [0.2, 0.25) is 0 Å². The highest BCUT2D eigenvalue weighted by Crippen LogP contribution is 2.42. The average molecular weight is 399 g/mol. The second-order valence-electron chi connectivity index (χ2n) is 9.26. The van der Waals surface area contributed by atoms with Crippen LogP contribution in [0.3, 0.4) is 0 Å². The van der Waals surface area contributed by atoms with Gasteiger partial charge in [-0.15, -0.1) is 0 Å². The van der Waals surface area contributed by atoms with Crippen molar-refractivity contribution < 1.29 is 17.7 Å². The third-order valence-corrected chi connectivity index (χ3v) is 12.6. The highest BCUT2D eigenvalue weighted by atomic mass is 28.4. The van der Waals surface area contributed by atoms with Gasteiger partial charge < -0.3 is 17.7 Å². The number of rotatable bonds is 10. The normalized spacial score (nSPS) is 40.1. The molecule has 0 aromatic heterocycles. The Bertz CT molecular complexity index is 450. The Morgan fingerprint density at radius 2 is 1.56 bits per heavy atom. The van der Waals surface area contributed by atoms with Crippen LogP contribution in [0.25, 0.3) is 0 Å². The van der Waals surface area contributed by atoms with Gasteiger partial charge in [0.1, 0.15) is 9.76 Å². The summed E-state index contributed by atoms with van der Waals surface area (Å²) in [5.74, 6) is 1.78. The molecule has 4 aliphatic rings. The topological polar surface area (TPSA) is 43.5 Å². The van der Waals surface area contributed by atoms with Gasteiger partial charge in [0, 0.05) is 0 Å². The van der Waals surface area contributed by atoms with Gasteiger partial charge in [-0.2, -0.15) is 0 Å². The molecule has 2 saturated carbocycles. The van der Waals surface area contributed by atoms with Crippen molar-refractivity contribution in [3.63, 3.8) is 0 Å². The quantitative estimate of drug-likeness (QED) is 0.322. The molecule has 0 spiro atoms. The summed E-state index contributed by atoms with van der Waals surface area (Å²) in [5.41, 5.74) is 0. The summed E-state index contributed by atoms with van der Waals surface area (Å²) in [6, 6.07) is 2.59. The monoisotopic (exact) mass is 398 g/mol. The number of hydrogen-bond acceptors (Lipinski definition) is 4. The van der Waals surface area contributed by atoms with Crippen molar-refractivity contribution in [2.45, 2.75) is 101 Å². The van der Waals surface area contributed by atoms with E-state index in [9.17, 15) is 0 Å². The molecule has 4 nitrogen and oxygen atoms in total. The molecule has 0 N–H and O–H groups in total. The molecule has 7 heteroatoms. The van der Waals surface area contributed by atoms with E-state index in [0.717, 1.165) is 11.8 Å². The average Bonchev–Trinajstić information content (AvgIpc) is 3.49. The number of fused-ring (bicyclic) bond motifs is 2. The lowest BCUT2D eigenvalue weighted by atomic mass is 9.88. The van der Waals surface area contributed by atoms with E-state index in [2.05, 4.69) is 13.1 Å². The predicted molar refractivity (Wildman–Crippen MR) is 105 cm³/mol. The molecule has 0 aromatic rings. The molecule has 2 aliphatic carbocycles. The predicted octanol–water partition coefficient (Wildman–Crippen LogP) is 3.18. The smallest absolute Gasteiger partial charge is 0.409 e. The summed E-state index contributed by atoms with van der Waals surface area (Å²) < 4.78 is 23.4. The van der Waals surface area contributed by atoms with E-state index in [0.29, 0.717) is 34.4 Å². The van der Waals surface area contributed by atoms with Crippen LogP contribution in [-0.4, -0.2) is 52.5 Å². The molecular formula is C18H34O4Si3. The molecule has 2 radical (unpaired) electrons. The Hall–Kier alpha value is 0.491. The van der Waals surface area contributed by atoms with E-state index in [1.165, 1.54) is 63.5 Å². The maximum atomic E-state index is 6.20. The van der Waals surface area contributed by atoms with Crippen LogP contribution in [0, 0.1) is 11.8 Å². The SMILES string of the molecule is C[Si](C)(CCC1CCC2OC2C1)O[Si]O[SiH2]CCC1CCC2OC2C1. The lowest BCUT2D eigenvalue weighted by Gasteiger charge is -2.26. The zero-order valence-corrected chi connectivity index (χ0v) is 19.3. The molecule has 25 heavy (non-hydrogen) atoms. The first-order valence-corrected chi connectivity index (χ1v) is 16.0. The molecule has 0 aromatic carbocycles. The van der Waals surface area contributed by atoms with E-state index >= 15 is 0 Å². The number of epoxide rings is 2. The molecule has 2 saturated heterocycles. The molecular weight excluding hydrogens is 364 g/mol. The summed E-state index contributed by atoms with van der Waals surface area (Å²) in [7, 11) is -1.63. The Kier molecular flexibility index (Phi) is 6.21. The van der Waals surface area contributed by atoms with Crippen LogP contribution >= 0.6 is 0 Å². The molecule has 4 rings (SSSR count). The highest BCUT2D eigenvalue weighted by Gasteiger charge is 2.44. The molecule has 2 aliphatic heterocycles. The van der Waals surface area contributed by atoms with E-state index < -0.39 is 8.32 Å². The molecule has 6 atom stereocenters. The molecule has 0 amide bonds. The van der Waals surface area contributed by atoms with Crippen molar-refractivity contribution in [1.29, 1.82) is 0 Å². The van der Waals surface area contributed by atoms with Gasteiger partial charge in [0.05, 0.1) is 24.4 Å². The van der Waals surface area contributed by atoms with E-state index in [-0.39, 0.29) is 9.76 Å². The zero-order valence-electron chi connectivity index (χ0n) is 15.9. The maximum absolute atomic E-state index is 6.20. The summed E-state index contributed by atoms with van der Waals surface area (Å²) in [6.45, 7) is 4.72. The fourth-order valence-corrected chi connectivity index (χ4v) is 9.56. The van der Waals surface area contributed by atoms with E-state index in [4.69, 9.17) is 17.7 Å². The fraction of sp³-hybridized carbons (Fsp3) is 1.00. The van der Waals surface area contributed by atoms with Crippen LogP contribution in [-0.2, 0) is 17.7 Å². The lowest BCUT2D eigenvalue weighted by molar-refractivity contribution is 0.353. The first-order valence-electron chi connectivity index (χ1n) is 10.4. The number of hydrogen-bond donors (Lipinski definition) is 0. The van der Waals surface area contributed by atoms with Crippen molar-refractivity contribution in [3.05, 3.63) is 0 Å². The minimum absolute atomic E-state index is 0.302. The first-order chi connectivity index (χ1) is 12.1. The summed E-state index contributed by atoms with van der Waals surface area (Å²) in [4.78, 5) is 0. The number of ether oxygens (including phenoxy) is 2. The second-order valence-corrected chi connectivity index (χ2v) is 16.5. The van der Waals surface area contributed by atoms with Crippen LogP contribution < -0.4 is 0 Å². The summed E-state index contributed by atoms with van der Waals surface area (Å²) >= 11 is 0. The van der Waals surface area contributed by atoms with Crippen molar-refractivity contribution in [2.75, 3.05) is 0 Å². The molecule has 142 valence electrons. The fourth-order valence-electron chi connectivity index (χ4n) is 4.73. The van der Waals surface area contributed by atoms with Crippen molar-refractivity contribution in [3.8, 4) is 0 Å². The maximum Gasteiger partial charge on any atom is 0.409 e. The van der Waals surface area contributed by atoms with Crippen molar-refractivity contribution >= 4 is 28.1 Å². The minimum atomic E-state index is -1.54. The Labute approximate surface area is 158 Å². The third-order valence-electron chi connectivity index (χ3n) is 6.62. The lowest BCUT2D eigenvalue weighted by Crippen LogP contribution is -2.34. The highest BCUT2D eigenvalue weighted by molar-refractivity contribution is 6.74. The van der Waals surface area contributed by atoms with Gasteiger partial charge in [0.25, 0.3) is 0 Å². The van der Waals surface area contributed by atoms with Crippen LogP contribution in [0.2, 0.25) is 25.2 Å². The van der Waals surface area contributed by atoms with Gasteiger partial charge in [-0.05, 0) is 75.5 Å². The zero-order chi connectivity index (χ0) is 17.3. The molecule has 6 unspecified atom stereocenters. The van der Waals surface area contributed by atoms with E-state index in [1.807, 2.05) is 0 Å². The van der Waals surface area contributed by atoms with Gasteiger partial charge in [-0.1, -0.05) is 12.8 Å². The third kappa shape index (κ3) is 5.73. The van der Waals surface area contributed by atoms with Crippen LogP contribution in [0.5, 0.6) is 0 Å². The standard InChI is InChI=1S/C18H34O4Si3/c1-25(2,10-8-14-4-6-16-18(12-14)20-16)22-24-21-23-9-7-13-3-5-15-17(11-13)19-15/h13-18H,3-12,23H2,1-2H3. The largest absolute Gasteiger partial charge is 0.440 e. The van der Waals surface area contributed by atoms with Crippen LogP contribution in [0.15, 0.2) is 0 Å². The van der Waals surface area contributed by atoms with Gasteiger partial charge in [-0.3, -0.25) is 0 Å². The Morgan fingerprint density at radius 3 is 2.20 bits per heavy atom. The Balaban J connectivity index is 1.01. The summed E-state index contributed by atoms with van der Waals surface area (Å²) in [5, 5.41) is 0. The molecule has 2 heterocycles. The first kappa shape index (κ1) is 18.8.